The zero-order valence-electron chi connectivity index (χ0n) is 24.7. The number of nitrogens with two attached hydrogens (primary N) is 1. The molecule has 2 aromatic heterocycles. The van der Waals surface area contributed by atoms with Crippen molar-refractivity contribution in [2.45, 2.75) is 69.1 Å². The van der Waals surface area contributed by atoms with Gasteiger partial charge in [-0.1, -0.05) is 0 Å². The Morgan fingerprint density at radius 3 is 2.68 bits per heavy atom. The number of hydrogen-bond acceptors (Lipinski definition) is 10. The van der Waals surface area contributed by atoms with Gasteiger partial charge in [-0.05, 0) is 51.6 Å². The molecule has 6 heterocycles. The number of piperazine rings is 1. The zero-order valence-corrected chi connectivity index (χ0v) is 24.7. The Kier molecular flexibility index (Phi) is 7.20. The molecular formula is C30H35F4N7O3. The third-order valence-corrected chi connectivity index (χ3v) is 9.28. The maximum absolute atomic E-state index is 16.8. The van der Waals surface area contributed by atoms with Gasteiger partial charge in [-0.3, -0.25) is 0 Å². The Balaban J connectivity index is 1.46. The summed E-state index contributed by atoms with van der Waals surface area (Å²) in [5, 5.41) is 3.88. The van der Waals surface area contributed by atoms with Crippen molar-refractivity contribution in [1.82, 2.24) is 25.2 Å². The molecule has 3 N–H and O–H groups in total. The van der Waals surface area contributed by atoms with Crippen LogP contribution in [0.2, 0.25) is 0 Å². The molecule has 2 bridgehead atoms. The average Bonchev–Trinajstić information content (AvgIpc) is 3.34. The SMILES string of the molecule is Cc1cc(N)cc(-c2nc3c4c(nc(O[C@@H]5CCOC[C@H]5N(C)C)nc4c2F)N2C[C@H]4CC[C@H](N4)[C@H]2CCO3)c1C(F)(F)F. The van der Waals surface area contributed by atoms with Crippen LogP contribution in [0.5, 0.6) is 11.9 Å². The standard InChI is InChI=1S/C30H35F4N7O3/c1-14-10-15(35)11-17(23(14)30(32,33)34)25-24(31)26-22-27(39-29(38-26)44-21-7-8-42-13-20(21)40(2)3)41-12-16-4-5-18(36-16)19(41)6-9-43-28(22)37-25/h10-11,16,18-21,36H,4-9,12-13,35H2,1-3H3/t16-,18+,19-,20-,21-/m1/s1. The second kappa shape index (κ2) is 10.8. The van der Waals surface area contributed by atoms with E-state index < -0.39 is 28.8 Å². The highest BCUT2D eigenvalue weighted by Crippen LogP contribution is 2.46. The average molecular weight is 618 g/mol. The van der Waals surface area contributed by atoms with Crippen LogP contribution in [0.25, 0.3) is 22.2 Å². The van der Waals surface area contributed by atoms with E-state index in [1.807, 2.05) is 19.0 Å². The van der Waals surface area contributed by atoms with E-state index in [1.54, 1.807) is 0 Å². The third-order valence-electron chi connectivity index (χ3n) is 9.28. The number of nitrogens with zero attached hydrogens (tertiary/aromatic N) is 5. The predicted octanol–water partition coefficient (Wildman–Crippen LogP) is 3.93. The molecule has 0 unspecified atom stereocenters. The van der Waals surface area contributed by atoms with Crippen LogP contribution in [-0.4, -0.2) is 90.6 Å². The smallest absolute Gasteiger partial charge is 0.417 e. The van der Waals surface area contributed by atoms with Crippen molar-refractivity contribution < 1.29 is 31.8 Å². The fourth-order valence-corrected chi connectivity index (χ4v) is 7.25. The Hall–Kier alpha value is -3.49. The summed E-state index contributed by atoms with van der Waals surface area (Å²) in [6.07, 6.45) is -1.96. The molecule has 0 radical (unpaired) electrons. The molecule has 4 aliphatic rings. The predicted molar refractivity (Wildman–Crippen MR) is 155 cm³/mol. The number of nitrogens with one attached hydrogen (secondary N) is 1. The van der Waals surface area contributed by atoms with E-state index in [9.17, 15) is 13.2 Å². The van der Waals surface area contributed by atoms with Crippen molar-refractivity contribution in [3.8, 4) is 23.1 Å². The number of hydrogen-bond donors (Lipinski definition) is 2. The number of alkyl halides is 3. The molecular weight excluding hydrogens is 582 g/mol. The van der Waals surface area contributed by atoms with E-state index >= 15 is 4.39 Å². The normalized spacial score (nSPS) is 26.7. The number of fused-ring (bicyclic) bond motifs is 5. The van der Waals surface area contributed by atoms with Crippen LogP contribution >= 0.6 is 0 Å². The molecule has 10 nitrogen and oxygen atoms in total. The topological polar surface area (TPSA) is 111 Å². The largest absolute Gasteiger partial charge is 0.477 e. The lowest BCUT2D eigenvalue weighted by molar-refractivity contribution is -0.137. The fraction of sp³-hybridized carbons (Fsp3) is 0.567. The number of halogens is 4. The number of rotatable bonds is 4. The van der Waals surface area contributed by atoms with E-state index in [2.05, 4.69) is 20.2 Å². The summed E-state index contributed by atoms with van der Waals surface area (Å²) in [5.74, 6) is -0.634. The molecule has 0 saturated carbocycles. The number of aromatic nitrogens is 3. The monoisotopic (exact) mass is 617 g/mol. The molecule has 0 aliphatic carbocycles. The van der Waals surface area contributed by atoms with Crippen LogP contribution in [-0.2, 0) is 10.9 Å². The zero-order chi connectivity index (χ0) is 30.9. The van der Waals surface area contributed by atoms with Gasteiger partial charge in [-0.25, -0.2) is 9.37 Å². The molecule has 1 aromatic carbocycles. The second-order valence-corrected chi connectivity index (χ2v) is 12.3. The molecule has 0 spiro atoms. The quantitative estimate of drug-likeness (QED) is 0.330. The van der Waals surface area contributed by atoms with Gasteiger partial charge in [0, 0.05) is 48.8 Å². The first-order valence-corrected chi connectivity index (χ1v) is 14.9. The number of anilines is 2. The third kappa shape index (κ3) is 4.96. The van der Waals surface area contributed by atoms with Gasteiger partial charge in [-0.2, -0.15) is 23.1 Å². The van der Waals surface area contributed by atoms with Crippen molar-refractivity contribution in [3.05, 3.63) is 29.1 Å². The number of benzene rings is 1. The van der Waals surface area contributed by atoms with Gasteiger partial charge < -0.3 is 35.1 Å². The minimum atomic E-state index is -4.79. The Labute approximate surface area is 251 Å². The Morgan fingerprint density at radius 2 is 1.91 bits per heavy atom. The number of aryl methyl sites for hydroxylation is 1. The summed E-state index contributed by atoms with van der Waals surface area (Å²) in [7, 11) is 3.84. The number of pyridine rings is 1. The molecule has 3 saturated heterocycles. The van der Waals surface area contributed by atoms with Crippen LogP contribution in [0.4, 0.5) is 29.1 Å². The van der Waals surface area contributed by atoms with Gasteiger partial charge in [0.15, 0.2) is 5.82 Å². The van der Waals surface area contributed by atoms with Crippen molar-refractivity contribution in [3.63, 3.8) is 0 Å². The van der Waals surface area contributed by atoms with Gasteiger partial charge >= 0.3 is 12.2 Å². The maximum atomic E-state index is 16.8. The highest BCUT2D eigenvalue weighted by molar-refractivity contribution is 5.97. The van der Waals surface area contributed by atoms with E-state index in [-0.39, 0.29) is 70.9 Å². The summed E-state index contributed by atoms with van der Waals surface area (Å²) in [6, 6.07) is 2.58. The van der Waals surface area contributed by atoms with Crippen LogP contribution in [0, 0.1) is 12.7 Å². The second-order valence-electron chi connectivity index (χ2n) is 12.3. The first kappa shape index (κ1) is 29.2. The first-order chi connectivity index (χ1) is 21.0. The van der Waals surface area contributed by atoms with E-state index in [1.165, 1.54) is 13.0 Å². The summed E-state index contributed by atoms with van der Waals surface area (Å²) in [4.78, 5) is 17.9. The summed E-state index contributed by atoms with van der Waals surface area (Å²) in [5.41, 5.74) is 3.64. The van der Waals surface area contributed by atoms with Gasteiger partial charge in [0.2, 0.25) is 5.88 Å². The van der Waals surface area contributed by atoms with Crippen LogP contribution in [0.15, 0.2) is 12.1 Å². The molecule has 5 atom stereocenters. The molecule has 3 fully saturated rings. The maximum Gasteiger partial charge on any atom is 0.417 e. The van der Waals surface area contributed by atoms with Gasteiger partial charge in [0.25, 0.3) is 0 Å². The fourth-order valence-electron chi connectivity index (χ4n) is 7.25. The Bertz CT molecular complexity index is 1600. The summed E-state index contributed by atoms with van der Waals surface area (Å²) < 4.78 is 77.9. The van der Waals surface area contributed by atoms with Gasteiger partial charge in [-0.15, -0.1) is 0 Å². The minimum absolute atomic E-state index is 0.0154. The van der Waals surface area contributed by atoms with Crippen LogP contribution in [0.3, 0.4) is 0 Å². The highest BCUT2D eigenvalue weighted by Gasteiger charge is 2.44. The highest BCUT2D eigenvalue weighted by atomic mass is 19.4. The molecule has 4 aliphatic heterocycles. The van der Waals surface area contributed by atoms with Crippen molar-refractivity contribution in [2.75, 3.05) is 51.1 Å². The molecule has 14 heteroatoms. The van der Waals surface area contributed by atoms with Crippen LogP contribution in [0.1, 0.15) is 36.8 Å². The van der Waals surface area contributed by atoms with Crippen LogP contribution < -0.4 is 25.4 Å². The molecule has 44 heavy (non-hydrogen) atoms. The summed E-state index contributed by atoms with van der Waals surface area (Å²) in [6.45, 7) is 3.08. The lowest BCUT2D eigenvalue weighted by atomic mass is 9.96. The molecule has 236 valence electrons. The van der Waals surface area contributed by atoms with E-state index in [0.29, 0.717) is 38.4 Å². The minimum Gasteiger partial charge on any atom is -0.477 e. The number of ether oxygens (including phenoxy) is 3. The lowest BCUT2D eigenvalue weighted by Gasteiger charge is -2.43. The van der Waals surface area contributed by atoms with Crippen molar-refractivity contribution in [1.29, 1.82) is 0 Å². The van der Waals surface area contributed by atoms with Crippen molar-refractivity contribution in [2.24, 2.45) is 0 Å². The van der Waals surface area contributed by atoms with E-state index in [0.717, 1.165) is 18.9 Å². The molecule has 0 amide bonds. The van der Waals surface area contributed by atoms with Crippen molar-refractivity contribution >= 4 is 22.4 Å². The molecule has 3 aromatic rings. The lowest BCUT2D eigenvalue weighted by Crippen LogP contribution is -2.59. The number of nitrogen functional groups attached to an aromatic ring is 1. The summed E-state index contributed by atoms with van der Waals surface area (Å²) >= 11 is 0. The van der Waals surface area contributed by atoms with E-state index in [4.69, 9.17) is 24.9 Å². The first-order valence-electron chi connectivity index (χ1n) is 14.9. The Morgan fingerprint density at radius 1 is 1.09 bits per heavy atom. The number of likely N-dealkylation sites (N-methyl/N-ethyl adjacent to an activating group) is 1. The van der Waals surface area contributed by atoms with Gasteiger partial charge in [0.1, 0.15) is 28.5 Å². The van der Waals surface area contributed by atoms with Gasteiger partial charge in [0.05, 0.1) is 31.4 Å². The molecule has 7 rings (SSSR count).